The van der Waals surface area contributed by atoms with E-state index in [4.69, 9.17) is 11.6 Å². The van der Waals surface area contributed by atoms with Crippen LogP contribution in [0.4, 0.5) is 0 Å². The van der Waals surface area contributed by atoms with Crippen LogP contribution >= 0.6 is 22.9 Å². The second-order valence-corrected chi connectivity index (χ2v) is 6.78. The molecule has 5 nitrogen and oxygen atoms in total. The zero-order valence-electron chi connectivity index (χ0n) is 12.3. The molecule has 4 heterocycles. The molecule has 7 heteroatoms. The number of nitrogens with one attached hydrogen (secondary N) is 1. The van der Waals surface area contributed by atoms with Crippen LogP contribution in [0, 0.1) is 0 Å². The summed E-state index contributed by atoms with van der Waals surface area (Å²) >= 11 is 7.68. The number of halogens is 1. The molecule has 0 atom stereocenters. The van der Waals surface area contributed by atoms with Gasteiger partial charge in [-0.1, -0.05) is 22.9 Å². The van der Waals surface area contributed by atoms with Crippen molar-refractivity contribution in [1.29, 1.82) is 0 Å². The standard InChI is InChI=1S/C17H10ClN5S/c18-11-1-2-14-12(7-11)13(8-20-14)16-22-23-9-15(21-17(23)24-16)10-3-5-19-6-4-10/h1-9,20H. The van der Waals surface area contributed by atoms with Gasteiger partial charge in [0.2, 0.25) is 4.96 Å². The minimum absolute atomic E-state index is 0.713. The molecule has 116 valence electrons. The Morgan fingerprint density at radius 3 is 2.83 bits per heavy atom. The number of aromatic nitrogens is 5. The molecule has 0 aliphatic rings. The van der Waals surface area contributed by atoms with Crippen molar-refractivity contribution >= 4 is 38.8 Å². The van der Waals surface area contributed by atoms with Gasteiger partial charge >= 0.3 is 0 Å². The molecular formula is C17H10ClN5S. The summed E-state index contributed by atoms with van der Waals surface area (Å²) in [5, 5.41) is 7.36. The summed E-state index contributed by atoms with van der Waals surface area (Å²) in [6, 6.07) is 9.68. The van der Waals surface area contributed by atoms with E-state index in [0.29, 0.717) is 5.02 Å². The van der Waals surface area contributed by atoms with Crippen LogP contribution in [-0.4, -0.2) is 24.6 Å². The first-order chi connectivity index (χ1) is 11.8. The lowest BCUT2D eigenvalue weighted by atomic mass is 10.2. The Morgan fingerprint density at radius 1 is 1.12 bits per heavy atom. The number of nitrogens with zero attached hydrogens (tertiary/aromatic N) is 4. The lowest BCUT2D eigenvalue weighted by molar-refractivity contribution is 0.979. The SMILES string of the molecule is Clc1ccc2[nH]cc(-c3nn4cc(-c5ccncc5)nc4s3)c2c1. The highest BCUT2D eigenvalue weighted by Gasteiger charge is 2.14. The predicted molar refractivity (Wildman–Crippen MR) is 96.4 cm³/mol. The van der Waals surface area contributed by atoms with Gasteiger partial charge in [-0.2, -0.15) is 5.10 Å². The van der Waals surface area contributed by atoms with Crippen LogP contribution in [-0.2, 0) is 0 Å². The van der Waals surface area contributed by atoms with E-state index in [1.54, 1.807) is 23.7 Å². The van der Waals surface area contributed by atoms with Crippen LogP contribution in [0.15, 0.2) is 55.1 Å². The van der Waals surface area contributed by atoms with Gasteiger partial charge in [0.05, 0.1) is 11.9 Å². The van der Waals surface area contributed by atoms with Crippen LogP contribution in [0.1, 0.15) is 0 Å². The Labute approximate surface area is 145 Å². The third kappa shape index (κ3) is 2.11. The van der Waals surface area contributed by atoms with Crippen LogP contribution in [0.5, 0.6) is 0 Å². The molecule has 0 aliphatic carbocycles. The fourth-order valence-electron chi connectivity index (χ4n) is 2.74. The van der Waals surface area contributed by atoms with Gasteiger partial charge in [-0.3, -0.25) is 4.98 Å². The van der Waals surface area contributed by atoms with Gasteiger partial charge in [0, 0.05) is 45.6 Å². The number of hydrogen-bond donors (Lipinski definition) is 1. The van der Waals surface area contributed by atoms with Crippen molar-refractivity contribution < 1.29 is 0 Å². The fraction of sp³-hybridized carbons (Fsp3) is 0. The number of hydrogen-bond acceptors (Lipinski definition) is 4. The van der Waals surface area contributed by atoms with Crippen molar-refractivity contribution in [1.82, 2.24) is 24.6 Å². The highest BCUT2D eigenvalue weighted by Crippen LogP contribution is 2.33. The summed E-state index contributed by atoms with van der Waals surface area (Å²) in [5.74, 6) is 0. The summed E-state index contributed by atoms with van der Waals surface area (Å²) in [6.45, 7) is 0. The smallest absolute Gasteiger partial charge is 0.213 e. The number of rotatable bonds is 2. The number of H-pyrrole nitrogens is 1. The molecule has 0 saturated heterocycles. The van der Waals surface area contributed by atoms with E-state index in [0.717, 1.165) is 37.7 Å². The maximum Gasteiger partial charge on any atom is 0.213 e. The zero-order chi connectivity index (χ0) is 16.1. The van der Waals surface area contributed by atoms with E-state index in [-0.39, 0.29) is 0 Å². The van der Waals surface area contributed by atoms with Gasteiger partial charge in [0.25, 0.3) is 0 Å². The van der Waals surface area contributed by atoms with E-state index in [9.17, 15) is 0 Å². The third-order valence-corrected chi connectivity index (χ3v) is 5.08. The lowest BCUT2D eigenvalue weighted by Crippen LogP contribution is -1.82. The topological polar surface area (TPSA) is 58.9 Å². The van der Waals surface area contributed by atoms with Crippen LogP contribution in [0.2, 0.25) is 5.02 Å². The Balaban J connectivity index is 1.63. The number of aromatic amines is 1. The molecule has 0 spiro atoms. The van der Waals surface area contributed by atoms with Crippen molar-refractivity contribution in [2.24, 2.45) is 0 Å². The summed E-state index contributed by atoms with van der Waals surface area (Å²) in [7, 11) is 0. The van der Waals surface area contributed by atoms with Crippen LogP contribution < -0.4 is 0 Å². The molecule has 5 aromatic rings. The van der Waals surface area contributed by atoms with Gasteiger partial charge in [-0.25, -0.2) is 9.50 Å². The highest BCUT2D eigenvalue weighted by molar-refractivity contribution is 7.20. The first-order valence-corrected chi connectivity index (χ1v) is 8.51. The summed E-state index contributed by atoms with van der Waals surface area (Å²) in [5.41, 5.74) is 4.00. The monoisotopic (exact) mass is 351 g/mol. The highest BCUT2D eigenvalue weighted by atomic mass is 35.5. The average molecular weight is 352 g/mol. The Morgan fingerprint density at radius 2 is 2.00 bits per heavy atom. The third-order valence-electron chi connectivity index (χ3n) is 3.89. The summed E-state index contributed by atoms with van der Waals surface area (Å²) in [6.07, 6.45) is 7.42. The molecule has 5 rings (SSSR count). The molecule has 0 fully saturated rings. The summed E-state index contributed by atoms with van der Waals surface area (Å²) < 4.78 is 1.82. The van der Waals surface area contributed by atoms with E-state index in [1.165, 1.54) is 0 Å². The van der Waals surface area contributed by atoms with Crippen molar-refractivity contribution in [3.63, 3.8) is 0 Å². The molecule has 0 bridgehead atoms. The molecule has 0 unspecified atom stereocenters. The predicted octanol–water partition coefficient (Wildman–Crippen LogP) is 4.65. The van der Waals surface area contributed by atoms with Crippen molar-refractivity contribution in [2.45, 2.75) is 0 Å². The maximum atomic E-state index is 6.13. The Hall–Kier alpha value is -2.70. The normalized spacial score (nSPS) is 11.5. The molecular weight excluding hydrogens is 342 g/mol. The molecule has 24 heavy (non-hydrogen) atoms. The largest absolute Gasteiger partial charge is 0.360 e. The number of pyridine rings is 1. The molecule has 1 N–H and O–H groups in total. The number of benzene rings is 1. The molecule has 0 radical (unpaired) electrons. The number of imidazole rings is 1. The molecule has 4 aromatic heterocycles. The minimum atomic E-state index is 0.713. The molecule has 1 aromatic carbocycles. The first kappa shape index (κ1) is 13.7. The first-order valence-electron chi connectivity index (χ1n) is 7.31. The zero-order valence-corrected chi connectivity index (χ0v) is 13.8. The molecule has 0 aliphatic heterocycles. The second kappa shape index (κ2) is 5.15. The minimum Gasteiger partial charge on any atom is -0.360 e. The number of fused-ring (bicyclic) bond motifs is 2. The Kier molecular flexibility index (Phi) is 2.95. The average Bonchev–Trinajstić information content (AvgIpc) is 3.27. The van der Waals surface area contributed by atoms with E-state index < -0.39 is 0 Å². The molecule has 0 saturated carbocycles. The van der Waals surface area contributed by atoms with Crippen molar-refractivity contribution in [2.75, 3.05) is 0 Å². The maximum absolute atomic E-state index is 6.13. The fourth-order valence-corrected chi connectivity index (χ4v) is 3.82. The van der Waals surface area contributed by atoms with Gasteiger partial charge in [0.15, 0.2) is 0 Å². The Bertz CT molecular complexity index is 1140. The second-order valence-electron chi connectivity index (χ2n) is 5.39. The van der Waals surface area contributed by atoms with E-state index in [2.05, 4.69) is 20.1 Å². The van der Waals surface area contributed by atoms with Crippen LogP contribution in [0.25, 0.3) is 37.7 Å². The van der Waals surface area contributed by atoms with Gasteiger partial charge in [0.1, 0.15) is 5.01 Å². The van der Waals surface area contributed by atoms with Gasteiger partial charge in [-0.05, 0) is 30.3 Å². The quantitative estimate of drug-likeness (QED) is 0.503. The van der Waals surface area contributed by atoms with Crippen molar-refractivity contribution in [3.8, 4) is 21.8 Å². The van der Waals surface area contributed by atoms with Gasteiger partial charge in [-0.15, -0.1) is 0 Å². The lowest BCUT2D eigenvalue weighted by Gasteiger charge is -1.95. The molecule has 0 amide bonds. The van der Waals surface area contributed by atoms with Crippen LogP contribution in [0.3, 0.4) is 0 Å². The van der Waals surface area contributed by atoms with Gasteiger partial charge < -0.3 is 4.98 Å². The summed E-state index contributed by atoms with van der Waals surface area (Å²) in [4.78, 5) is 12.8. The van der Waals surface area contributed by atoms with E-state index in [1.807, 2.05) is 47.2 Å². The van der Waals surface area contributed by atoms with E-state index >= 15 is 0 Å². The van der Waals surface area contributed by atoms with Crippen molar-refractivity contribution in [3.05, 3.63) is 60.1 Å².